The molecule has 1 saturated carbocycles. The first-order chi connectivity index (χ1) is 13.1. The molecule has 2 atom stereocenters. The normalized spacial score (nSPS) is 29.2. The van der Waals surface area contributed by atoms with Crippen LogP contribution in [-0.4, -0.2) is 19.8 Å². The number of ether oxygens (including phenoxy) is 2. The number of allylic oxidation sites excluding steroid dienone is 2. The maximum Gasteiger partial charge on any atom is 0.200 e. The van der Waals surface area contributed by atoms with Gasteiger partial charge in [-0.05, 0) is 87.7 Å². The summed E-state index contributed by atoms with van der Waals surface area (Å²) >= 11 is 0. The van der Waals surface area contributed by atoms with E-state index in [1.54, 1.807) is 6.07 Å². The van der Waals surface area contributed by atoms with Gasteiger partial charge in [-0.1, -0.05) is 18.2 Å². The summed E-state index contributed by atoms with van der Waals surface area (Å²) in [5.74, 6) is -0.287. The smallest absolute Gasteiger partial charge is 0.200 e. The second-order valence-electron chi connectivity index (χ2n) is 8.06. The first kappa shape index (κ1) is 20.3. The monoisotopic (exact) mass is 378 g/mol. The van der Waals surface area contributed by atoms with Crippen molar-refractivity contribution in [3.63, 3.8) is 0 Å². The molecule has 1 aliphatic carbocycles. The maximum absolute atomic E-state index is 14.4. The van der Waals surface area contributed by atoms with Gasteiger partial charge in [-0.15, -0.1) is 0 Å². The molecule has 0 N–H and O–H groups in total. The summed E-state index contributed by atoms with van der Waals surface area (Å²) in [5.41, 5.74) is 0.500. The number of benzene rings is 1. The van der Waals surface area contributed by atoms with Gasteiger partial charge in [0.1, 0.15) is 0 Å². The lowest BCUT2D eigenvalue weighted by Gasteiger charge is -2.38. The molecule has 0 radical (unpaired) electrons. The predicted molar refractivity (Wildman–Crippen MR) is 104 cm³/mol. The highest BCUT2D eigenvalue weighted by Gasteiger charge is 2.33. The summed E-state index contributed by atoms with van der Waals surface area (Å²) in [5, 5.41) is 0. The van der Waals surface area contributed by atoms with E-state index >= 15 is 0 Å². The van der Waals surface area contributed by atoms with E-state index in [9.17, 15) is 8.78 Å². The molecule has 27 heavy (non-hydrogen) atoms. The number of hydrogen-bond acceptors (Lipinski definition) is 2. The zero-order chi connectivity index (χ0) is 19.2. The van der Waals surface area contributed by atoms with Crippen molar-refractivity contribution in [2.75, 3.05) is 13.7 Å². The third kappa shape index (κ3) is 4.90. The van der Waals surface area contributed by atoms with E-state index in [1.807, 2.05) is 0 Å². The molecular formula is C23H32F2O2. The Hall–Kier alpha value is -1.42. The van der Waals surface area contributed by atoms with Gasteiger partial charge in [0, 0.05) is 6.61 Å². The molecule has 1 heterocycles. The molecule has 2 nitrogen and oxygen atoms in total. The molecule has 2 aliphatic rings. The third-order valence-electron chi connectivity index (χ3n) is 6.42. The van der Waals surface area contributed by atoms with Gasteiger partial charge in [0.2, 0.25) is 5.82 Å². The van der Waals surface area contributed by atoms with Gasteiger partial charge < -0.3 is 9.47 Å². The summed E-state index contributed by atoms with van der Waals surface area (Å²) in [6.45, 7) is 2.94. The summed E-state index contributed by atoms with van der Waals surface area (Å²) in [6, 6.07) is 3.23. The molecule has 2 unspecified atom stereocenters. The highest BCUT2D eigenvalue weighted by molar-refractivity contribution is 5.33. The van der Waals surface area contributed by atoms with Crippen LogP contribution < -0.4 is 4.74 Å². The molecule has 1 aromatic carbocycles. The van der Waals surface area contributed by atoms with Gasteiger partial charge in [0.25, 0.3) is 0 Å². The lowest BCUT2D eigenvalue weighted by atomic mass is 9.75. The number of hydrogen-bond donors (Lipinski definition) is 0. The Morgan fingerprint density at radius 3 is 2.48 bits per heavy atom. The Bertz CT molecular complexity index is 628. The fourth-order valence-electron chi connectivity index (χ4n) is 4.75. The second kappa shape index (κ2) is 9.68. The molecule has 3 rings (SSSR count). The van der Waals surface area contributed by atoms with Crippen molar-refractivity contribution in [3.05, 3.63) is 41.5 Å². The quantitative estimate of drug-likeness (QED) is 0.533. The SMILES string of the molecule is CC=CCCC1CCC(C2CCC(c3ccc(OC)c(F)c3F)CC2)OC1. The largest absolute Gasteiger partial charge is 0.494 e. The van der Waals surface area contributed by atoms with E-state index in [0.29, 0.717) is 23.5 Å². The minimum Gasteiger partial charge on any atom is -0.494 e. The summed E-state index contributed by atoms with van der Waals surface area (Å²) in [7, 11) is 1.36. The topological polar surface area (TPSA) is 18.5 Å². The Morgan fingerprint density at radius 1 is 1.07 bits per heavy atom. The van der Waals surface area contributed by atoms with Crippen molar-refractivity contribution in [1.29, 1.82) is 0 Å². The van der Waals surface area contributed by atoms with Gasteiger partial charge in [0.15, 0.2) is 11.6 Å². The Labute approximate surface area is 161 Å². The number of rotatable bonds is 6. The standard InChI is InChI=1S/C23H32F2O2/c1-3-4-5-6-16-7-13-20(27-15-16)18-10-8-17(9-11-18)19-12-14-21(26-2)23(25)22(19)24/h3-4,12,14,16-18,20H,5-11,13,15H2,1-2H3. The van der Waals surface area contributed by atoms with E-state index in [1.165, 1.54) is 26.0 Å². The van der Waals surface area contributed by atoms with Gasteiger partial charge in [0.05, 0.1) is 13.2 Å². The van der Waals surface area contributed by atoms with Crippen molar-refractivity contribution >= 4 is 0 Å². The van der Waals surface area contributed by atoms with E-state index < -0.39 is 11.6 Å². The van der Waals surface area contributed by atoms with Crippen LogP contribution in [0.2, 0.25) is 0 Å². The zero-order valence-corrected chi connectivity index (χ0v) is 16.6. The van der Waals surface area contributed by atoms with Crippen molar-refractivity contribution in [1.82, 2.24) is 0 Å². The van der Waals surface area contributed by atoms with Crippen LogP contribution in [0.5, 0.6) is 5.75 Å². The van der Waals surface area contributed by atoms with Gasteiger partial charge in [-0.25, -0.2) is 4.39 Å². The second-order valence-corrected chi connectivity index (χ2v) is 8.06. The van der Waals surface area contributed by atoms with Crippen LogP contribution in [-0.2, 0) is 4.74 Å². The molecule has 4 heteroatoms. The minimum absolute atomic E-state index is 0.0236. The molecule has 0 amide bonds. The van der Waals surface area contributed by atoms with Gasteiger partial charge in [-0.2, -0.15) is 4.39 Å². The molecule has 150 valence electrons. The average molecular weight is 379 g/mol. The Morgan fingerprint density at radius 2 is 1.85 bits per heavy atom. The van der Waals surface area contributed by atoms with Crippen molar-refractivity contribution in [2.45, 2.75) is 70.3 Å². The highest BCUT2D eigenvalue weighted by Crippen LogP contribution is 2.42. The van der Waals surface area contributed by atoms with Crippen LogP contribution in [0, 0.1) is 23.5 Å². The van der Waals surface area contributed by atoms with E-state index in [-0.39, 0.29) is 11.7 Å². The molecular weight excluding hydrogens is 346 g/mol. The minimum atomic E-state index is -0.864. The zero-order valence-electron chi connectivity index (χ0n) is 16.6. The van der Waals surface area contributed by atoms with E-state index in [4.69, 9.17) is 9.47 Å². The predicted octanol–water partition coefficient (Wildman–Crippen LogP) is 6.40. The maximum atomic E-state index is 14.4. The Balaban J connectivity index is 1.49. The van der Waals surface area contributed by atoms with Crippen LogP contribution in [0.3, 0.4) is 0 Å². The van der Waals surface area contributed by atoms with Crippen LogP contribution in [0.1, 0.15) is 69.8 Å². The Kier molecular flexibility index (Phi) is 7.28. The van der Waals surface area contributed by atoms with Crippen LogP contribution in [0.25, 0.3) is 0 Å². The van der Waals surface area contributed by atoms with Crippen molar-refractivity contribution in [2.24, 2.45) is 11.8 Å². The first-order valence-corrected chi connectivity index (χ1v) is 10.4. The van der Waals surface area contributed by atoms with E-state index in [0.717, 1.165) is 45.1 Å². The highest BCUT2D eigenvalue weighted by atomic mass is 19.2. The lowest BCUT2D eigenvalue weighted by Crippen LogP contribution is -2.34. The molecule has 1 saturated heterocycles. The summed E-state index contributed by atoms with van der Waals surface area (Å²) in [6.07, 6.45) is 13.3. The molecule has 1 aliphatic heterocycles. The lowest BCUT2D eigenvalue weighted by molar-refractivity contribution is -0.0573. The summed E-state index contributed by atoms with van der Waals surface area (Å²) < 4.78 is 39.4. The molecule has 0 spiro atoms. The average Bonchev–Trinajstić information content (AvgIpc) is 2.71. The van der Waals surface area contributed by atoms with Crippen LogP contribution in [0.4, 0.5) is 8.78 Å². The van der Waals surface area contributed by atoms with Crippen molar-refractivity contribution < 1.29 is 18.3 Å². The third-order valence-corrected chi connectivity index (χ3v) is 6.42. The molecule has 0 aromatic heterocycles. The summed E-state index contributed by atoms with van der Waals surface area (Å²) in [4.78, 5) is 0. The van der Waals surface area contributed by atoms with Crippen LogP contribution >= 0.6 is 0 Å². The number of methoxy groups -OCH3 is 1. The van der Waals surface area contributed by atoms with Gasteiger partial charge in [-0.3, -0.25) is 0 Å². The fraction of sp³-hybridized carbons (Fsp3) is 0.652. The molecule has 1 aromatic rings. The first-order valence-electron chi connectivity index (χ1n) is 10.4. The number of halogens is 2. The fourth-order valence-corrected chi connectivity index (χ4v) is 4.75. The van der Waals surface area contributed by atoms with E-state index in [2.05, 4.69) is 19.1 Å². The van der Waals surface area contributed by atoms with Crippen molar-refractivity contribution in [3.8, 4) is 5.75 Å². The molecule has 0 bridgehead atoms. The molecule has 2 fully saturated rings. The van der Waals surface area contributed by atoms with Crippen LogP contribution in [0.15, 0.2) is 24.3 Å². The van der Waals surface area contributed by atoms with Gasteiger partial charge >= 0.3 is 0 Å².